The summed E-state index contributed by atoms with van der Waals surface area (Å²) in [6, 6.07) is 0. The van der Waals surface area contributed by atoms with E-state index in [1.165, 1.54) is 0 Å². The maximum atomic E-state index is 11.0. The van der Waals surface area contributed by atoms with Gasteiger partial charge in [-0.15, -0.1) is 11.6 Å². The fourth-order valence-electron chi connectivity index (χ4n) is 0.679. The second-order valence-electron chi connectivity index (χ2n) is 2.21. The van der Waals surface area contributed by atoms with Gasteiger partial charge in [-0.25, -0.2) is 13.1 Å². The molecule has 0 aromatic rings. The number of nitrogens with one attached hydrogen (secondary N) is 1. The zero-order chi connectivity index (χ0) is 8.74. The summed E-state index contributed by atoms with van der Waals surface area (Å²) >= 11 is 5.39. The van der Waals surface area contributed by atoms with Crippen LogP contribution in [0.3, 0.4) is 0 Å². The Balaban J connectivity index is 3.56. The van der Waals surface area contributed by atoms with Crippen molar-refractivity contribution < 1.29 is 8.42 Å². The molecule has 1 N–H and O–H groups in total. The summed E-state index contributed by atoms with van der Waals surface area (Å²) in [4.78, 5) is 0. The van der Waals surface area contributed by atoms with Gasteiger partial charge in [0, 0.05) is 12.4 Å². The first-order chi connectivity index (χ1) is 5.12. The summed E-state index contributed by atoms with van der Waals surface area (Å²) in [5, 5.41) is 0. The normalized spacial score (nSPS) is 11.8. The molecule has 11 heavy (non-hydrogen) atoms. The van der Waals surface area contributed by atoms with Gasteiger partial charge in [-0.05, 0) is 12.8 Å². The maximum absolute atomic E-state index is 11.0. The van der Waals surface area contributed by atoms with Crippen molar-refractivity contribution in [1.29, 1.82) is 0 Å². The number of hydrogen-bond donors (Lipinski definition) is 1. The highest BCUT2D eigenvalue weighted by atomic mass is 35.5. The Morgan fingerprint density at radius 1 is 1.36 bits per heavy atom. The number of halogens is 1. The zero-order valence-corrected chi connectivity index (χ0v) is 8.21. The van der Waals surface area contributed by atoms with Crippen LogP contribution in [0, 0.1) is 0 Å². The van der Waals surface area contributed by atoms with E-state index in [1.807, 2.05) is 0 Å². The first-order valence-corrected chi connectivity index (χ1v) is 5.84. The molecule has 0 atom stereocenters. The van der Waals surface area contributed by atoms with Crippen LogP contribution in [0.2, 0.25) is 0 Å². The minimum Gasteiger partial charge on any atom is -0.216 e. The summed E-state index contributed by atoms with van der Waals surface area (Å²) < 4.78 is 24.3. The van der Waals surface area contributed by atoms with Crippen LogP contribution < -0.4 is 4.72 Å². The minimum absolute atomic E-state index is 0.188. The Bertz CT molecular complexity index is 179. The highest BCUT2D eigenvalue weighted by molar-refractivity contribution is 7.89. The van der Waals surface area contributed by atoms with E-state index in [1.54, 1.807) is 6.92 Å². The first kappa shape index (κ1) is 11.2. The predicted octanol–water partition coefficient (Wildman–Crippen LogP) is 0.945. The molecule has 0 aliphatic carbocycles. The molecule has 0 unspecified atom stereocenters. The average Bonchev–Trinajstić information content (AvgIpc) is 1.87. The molecule has 3 nitrogen and oxygen atoms in total. The molecule has 0 aromatic heterocycles. The zero-order valence-electron chi connectivity index (χ0n) is 6.64. The van der Waals surface area contributed by atoms with Crippen LogP contribution in [0.4, 0.5) is 0 Å². The van der Waals surface area contributed by atoms with Crippen molar-refractivity contribution in [2.45, 2.75) is 19.8 Å². The largest absolute Gasteiger partial charge is 0.216 e. The van der Waals surface area contributed by atoms with Crippen LogP contribution >= 0.6 is 11.6 Å². The van der Waals surface area contributed by atoms with Gasteiger partial charge >= 0.3 is 0 Å². The lowest BCUT2D eigenvalue weighted by Crippen LogP contribution is -2.25. The molecule has 0 saturated heterocycles. The Morgan fingerprint density at radius 3 is 2.45 bits per heavy atom. The van der Waals surface area contributed by atoms with Crippen LogP contribution in [-0.4, -0.2) is 26.6 Å². The summed E-state index contributed by atoms with van der Waals surface area (Å²) in [7, 11) is -3.01. The molecule has 0 fully saturated rings. The lowest BCUT2D eigenvalue weighted by Gasteiger charge is -2.01. The minimum atomic E-state index is -3.01. The van der Waals surface area contributed by atoms with E-state index >= 15 is 0 Å². The van der Waals surface area contributed by atoms with Crippen molar-refractivity contribution in [3.63, 3.8) is 0 Å². The van der Waals surface area contributed by atoms with Crippen molar-refractivity contribution in [1.82, 2.24) is 4.72 Å². The van der Waals surface area contributed by atoms with E-state index in [2.05, 4.69) is 4.72 Å². The van der Waals surface area contributed by atoms with E-state index in [9.17, 15) is 8.42 Å². The quantitative estimate of drug-likeness (QED) is 0.512. The number of unbranched alkanes of at least 4 members (excludes halogenated alkanes) is 1. The van der Waals surface area contributed by atoms with E-state index in [0.29, 0.717) is 18.8 Å². The van der Waals surface area contributed by atoms with Crippen molar-refractivity contribution in [2.24, 2.45) is 0 Å². The van der Waals surface area contributed by atoms with Gasteiger partial charge < -0.3 is 0 Å². The summed E-state index contributed by atoms with van der Waals surface area (Å²) in [5.41, 5.74) is 0. The van der Waals surface area contributed by atoms with Gasteiger partial charge in [0.05, 0.1) is 5.75 Å². The summed E-state index contributed by atoms with van der Waals surface area (Å²) in [6.45, 7) is 2.22. The Kier molecular flexibility index (Phi) is 5.91. The highest BCUT2D eigenvalue weighted by Crippen LogP contribution is 1.95. The number of hydrogen-bond acceptors (Lipinski definition) is 2. The van der Waals surface area contributed by atoms with Gasteiger partial charge in [0.25, 0.3) is 0 Å². The first-order valence-electron chi connectivity index (χ1n) is 3.65. The Morgan fingerprint density at radius 2 is 2.00 bits per heavy atom. The highest BCUT2D eigenvalue weighted by Gasteiger charge is 2.06. The molecule has 5 heteroatoms. The van der Waals surface area contributed by atoms with E-state index in [-0.39, 0.29) is 5.75 Å². The van der Waals surface area contributed by atoms with Crippen LogP contribution in [0.25, 0.3) is 0 Å². The summed E-state index contributed by atoms with van der Waals surface area (Å²) in [5.74, 6) is 0.717. The molecule has 0 aromatic carbocycles. The molecule has 68 valence electrons. The number of alkyl halides is 1. The van der Waals surface area contributed by atoms with E-state index in [0.717, 1.165) is 6.42 Å². The van der Waals surface area contributed by atoms with Crippen LogP contribution in [0.1, 0.15) is 19.8 Å². The van der Waals surface area contributed by atoms with Gasteiger partial charge in [-0.1, -0.05) is 6.92 Å². The second kappa shape index (κ2) is 5.80. The SMILES string of the molecule is CCNS(=O)(=O)CCCCCl. The van der Waals surface area contributed by atoms with E-state index < -0.39 is 10.0 Å². The van der Waals surface area contributed by atoms with Gasteiger partial charge in [0.1, 0.15) is 0 Å². The third-order valence-electron chi connectivity index (χ3n) is 1.16. The van der Waals surface area contributed by atoms with Gasteiger partial charge in [-0.2, -0.15) is 0 Å². The lowest BCUT2D eigenvalue weighted by molar-refractivity contribution is 0.580. The predicted molar refractivity (Wildman–Crippen MR) is 47.4 cm³/mol. The molecule has 0 amide bonds. The van der Waals surface area contributed by atoms with Crippen molar-refractivity contribution in [2.75, 3.05) is 18.2 Å². The molecule has 0 spiro atoms. The molecule has 0 aliphatic heterocycles. The molecule has 0 bridgehead atoms. The fourth-order valence-corrected chi connectivity index (χ4v) is 2.04. The van der Waals surface area contributed by atoms with Gasteiger partial charge in [0.2, 0.25) is 10.0 Å². The molecule has 0 radical (unpaired) electrons. The number of sulfonamides is 1. The van der Waals surface area contributed by atoms with Gasteiger partial charge in [0.15, 0.2) is 0 Å². The number of rotatable bonds is 6. The second-order valence-corrected chi connectivity index (χ2v) is 4.52. The standard InChI is InChI=1S/C6H14ClNO2S/c1-2-8-11(9,10)6-4-3-5-7/h8H,2-6H2,1H3. The third-order valence-corrected chi connectivity index (χ3v) is 2.98. The van der Waals surface area contributed by atoms with Crippen LogP contribution in [0.5, 0.6) is 0 Å². The van der Waals surface area contributed by atoms with Crippen molar-refractivity contribution in [3.8, 4) is 0 Å². The van der Waals surface area contributed by atoms with Crippen LogP contribution in [-0.2, 0) is 10.0 Å². The topological polar surface area (TPSA) is 46.2 Å². The monoisotopic (exact) mass is 199 g/mol. The molecule has 0 aliphatic rings. The van der Waals surface area contributed by atoms with Gasteiger partial charge in [-0.3, -0.25) is 0 Å². The third kappa shape index (κ3) is 6.59. The smallest absolute Gasteiger partial charge is 0.211 e. The Hall–Kier alpha value is 0.200. The average molecular weight is 200 g/mol. The Labute approximate surface area is 73.2 Å². The van der Waals surface area contributed by atoms with Crippen LogP contribution in [0.15, 0.2) is 0 Å². The van der Waals surface area contributed by atoms with Crippen molar-refractivity contribution in [3.05, 3.63) is 0 Å². The molecule has 0 rings (SSSR count). The molecule has 0 saturated carbocycles. The van der Waals surface area contributed by atoms with E-state index in [4.69, 9.17) is 11.6 Å². The molecular weight excluding hydrogens is 186 g/mol. The van der Waals surface area contributed by atoms with Crippen molar-refractivity contribution >= 4 is 21.6 Å². The fraction of sp³-hybridized carbons (Fsp3) is 1.00. The molecule has 0 heterocycles. The lowest BCUT2D eigenvalue weighted by atomic mass is 10.4. The summed E-state index contributed by atoms with van der Waals surface area (Å²) in [6.07, 6.45) is 1.39. The molecular formula is C6H14ClNO2S. The maximum Gasteiger partial charge on any atom is 0.211 e.